The van der Waals surface area contributed by atoms with Crippen LogP contribution in [0.25, 0.3) is 0 Å². The van der Waals surface area contributed by atoms with Crippen LogP contribution in [0.1, 0.15) is 26.7 Å². The molecule has 1 saturated heterocycles. The molecule has 2 N–H and O–H groups in total. The summed E-state index contributed by atoms with van der Waals surface area (Å²) in [6.45, 7) is 6.03. The van der Waals surface area contributed by atoms with Crippen molar-refractivity contribution in [2.24, 2.45) is 5.92 Å². The van der Waals surface area contributed by atoms with E-state index in [2.05, 4.69) is 24.5 Å². The number of hydrogen-bond donors (Lipinski definition) is 2. The molecular weight excluding hydrogens is 152 g/mol. The Bertz CT molecular complexity index is 159. The average molecular weight is 170 g/mol. The lowest BCUT2D eigenvalue weighted by atomic mass is 9.98. The molecular formula is C9H18N2O. The molecule has 0 spiro atoms. The Hall–Kier alpha value is -0.570. The third-order valence-corrected chi connectivity index (χ3v) is 2.47. The molecule has 0 bridgehead atoms. The van der Waals surface area contributed by atoms with E-state index >= 15 is 0 Å². The first-order chi connectivity index (χ1) is 5.74. The van der Waals surface area contributed by atoms with Crippen molar-refractivity contribution in [2.45, 2.75) is 32.7 Å². The van der Waals surface area contributed by atoms with Gasteiger partial charge in [-0.05, 0) is 12.3 Å². The van der Waals surface area contributed by atoms with Crippen LogP contribution in [0.5, 0.6) is 0 Å². The van der Waals surface area contributed by atoms with E-state index in [0.29, 0.717) is 5.92 Å². The van der Waals surface area contributed by atoms with Gasteiger partial charge in [-0.1, -0.05) is 20.3 Å². The van der Waals surface area contributed by atoms with Crippen LogP contribution in [0, 0.1) is 5.92 Å². The fourth-order valence-corrected chi connectivity index (χ4v) is 1.41. The van der Waals surface area contributed by atoms with Crippen LogP contribution in [-0.4, -0.2) is 25.0 Å². The van der Waals surface area contributed by atoms with Gasteiger partial charge in [0.15, 0.2) is 0 Å². The smallest absolute Gasteiger partial charge is 0.237 e. The van der Waals surface area contributed by atoms with Crippen LogP contribution in [0.15, 0.2) is 0 Å². The number of hydrogen-bond acceptors (Lipinski definition) is 2. The predicted molar refractivity (Wildman–Crippen MR) is 48.9 cm³/mol. The van der Waals surface area contributed by atoms with Gasteiger partial charge in [0.2, 0.25) is 5.91 Å². The first-order valence-corrected chi connectivity index (χ1v) is 4.75. The third-order valence-electron chi connectivity index (χ3n) is 2.47. The normalized spacial score (nSPS) is 26.5. The zero-order valence-electron chi connectivity index (χ0n) is 7.89. The standard InChI is InChI=1S/C9H18N2O/c1-3-7(2)6-8-9(12)11-5-4-10-8/h7-8,10H,3-6H2,1-2H3,(H,11,12)/t7-,8-/m0/s1. The number of rotatable bonds is 3. The monoisotopic (exact) mass is 170 g/mol. The summed E-state index contributed by atoms with van der Waals surface area (Å²) in [7, 11) is 0. The van der Waals surface area contributed by atoms with Gasteiger partial charge in [0, 0.05) is 13.1 Å². The topological polar surface area (TPSA) is 41.1 Å². The highest BCUT2D eigenvalue weighted by Crippen LogP contribution is 2.10. The van der Waals surface area contributed by atoms with Crippen molar-refractivity contribution in [3.05, 3.63) is 0 Å². The van der Waals surface area contributed by atoms with E-state index in [1.54, 1.807) is 0 Å². The number of amides is 1. The van der Waals surface area contributed by atoms with Crippen molar-refractivity contribution >= 4 is 5.91 Å². The Balaban J connectivity index is 2.34. The van der Waals surface area contributed by atoms with Crippen LogP contribution in [0.4, 0.5) is 0 Å². The zero-order chi connectivity index (χ0) is 8.97. The molecule has 0 unspecified atom stereocenters. The molecule has 1 fully saturated rings. The van der Waals surface area contributed by atoms with E-state index < -0.39 is 0 Å². The van der Waals surface area contributed by atoms with Crippen LogP contribution in [-0.2, 0) is 4.79 Å². The van der Waals surface area contributed by atoms with Gasteiger partial charge in [-0.2, -0.15) is 0 Å². The average Bonchev–Trinajstić information content (AvgIpc) is 2.09. The van der Waals surface area contributed by atoms with Crippen LogP contribution in [0.2, 0.25) is 0 Å². The second-order valence-corrected chi connectivity index (χ2v) is 3.55. The molecule has 2 atom stereocenters. The van der Waals surface area contributed by atoms with Crippen molar-refractivity contribution in [3.63, 3.8) is 0 Å². The van der Waals surface area contributed by atoms with Gasteiger partial charge in [-0.15, -0.1) is 0 Å². The lowest BCUT2D eigenvalue weighted by molar-refractivity contribution is -0.124. The SMILES string of the molecule is CC[C@H](C)C[C@@H]1NCCNC1=O. The zero-order valence-corrected chi connectivity index (χ0v) is 7.89. The van der Waals surface area contributed by atoms with Gasteiger partial charge >= 0.3 is 0 Å². The molecule has 1 heterocycles. The van der Waals surface area contributed by atoms with E-state index in [1.165, 1.54) is 0 Å². The Morgan fingerprint density at radius 3 is 2.92 bits per heavy atom. The summed E-state index contributed by atoms with van der Waals surface area (Å²) in [5.74, 6) is 0.799. The molecule has 1 amide bonds. The minimum atomic E-state index is 0.0497. The Morgan fingerprint density at radius 1 is 1.58 bits per heavy atom. The summed E-state index contributed by atoms with van der Waals surface area (Å²) in [4.78, 5) is 11.3. The van der Waals surface area contributed by atoms with E-state index in [-0.39, 0.29) is 11.9 Å². The van der Waals surface area contributed by atoms with Crippen molar-refractivity contribution in [2.75, 3.05) is 13.1 Å². The summed E-state index contributed by atoms with van der Waals surface area (Å²) in [6, 6.07) is 0.0497. The summed E-state index contributed by atoms with van der Waals surface area (Å²) in [6.07, 6.45) is 2.10. The van der Waals surface area contributed by atoms with E-state index in [0.717, 1.165) is 25.9 Å². The molecule has 0 aromatic heterocycles. The van der Waals surface area contributed by atoms with Crippen molar-refractivity contribution < 1.29 is 4.79 Å². The summed E-state index contributed by atoms with van der Waals surface area (Å²) >= 11 is 0. The van der Waals surface area contributed by atoms with Gasteiger partial charge in [0.25, 0.3) is 0 Å². The summed E-state index contributed by atoms with van der Waals surface area (Å²) < 4.78 is 0. The fourth-order valence-electron chi connectivity index (χ4n) is 1.41. The van der Waals surface area contributed by atoms with Crippen molar-refractivity contribution in [1.29, 1.82) is 0 Å². The highest BCUT2D eigenvalue weighted by Gasteiger charge is 2.22. The molecule has 12 heavy (non-hydrogen) atoms. The molecule has 1 rings (SSSR count). The van der Waals surface area contributed by atoms with Gasteiger partial charge < -0.3 is 10.6 Å². The van der Waals surface area contributed by atoms with E-state index in [1.807, 2.05) is 0 Å². The first-order valence-electron chi connectivity index (χ1n) is 4.75. The Labute approximate surface area is 73.9 Å². The number of carbonyl (C=O) groups excluding carboxylic acids is 1. The molecule has 3 heteroatoms. The molecule has 0 aromatic rings. The Kier molecular flexibility index (Phi) is 3.53. The molecule has 1 aliphatic heterocycles. The van der Waals surface area contributed by atoms with Gasteiger partial charge in [-0.3, -0.25) is 4.79 Å². The van der Waals surface area contributed by atoms with Gasteiger partial charge in [-0.25, -0.2) is 0 Å². The van der Waals surface area contributed by atoms with Crippen LogP contribution in [0.3, 0.4) is 0 Å². The third kappa shape index (κ3) is 2.48. The van der Waals surface area contributed by atoms with Crippen LogP contribution >= 0.6 is 0 Å². The first kappa shape index (κ1) is 9.52. The largest absolute Gasteiger partial charge is 0.353 e. The second kappa shape index (κ2) is 4.45. The maximum absolute atomic E-state index is 11.3. The maximum atomic E-state index is 11.3. The number of piperazine rings is 1. The lowest BCUT2D eigenvalue weighted by Crippen LogP contribution is -2.53. The van der Waals surface area contributed by atoms with E-state index in [9.17, 15) is 4.79 Å². The van der Waals surface area contributed by atoms with Crippen molar-refractivity contribution in [1.82, 2.24) is 10.6 Å². The fraction of sp³-hybridized carbons (Fsp3) is 0.889. The number of nitrogens with one attached hydrogen (secondary N) is 2. The predicted octanol–water partition coefficient (Wildman–Crippen LogP) is 0.511. The summed E-state index contributed by atoms with van der Waals surface area (Å²) in [5, 5.41) is 6.08. The molecule has 0 aromatic carbocycles. The van der Waals surface area contributed by atoms with E-state index in [4.69, 9.17) is 0 Å². The van der Waals surface area contributed by atoms with Crippen molar-refractivity contribution in [3.8, 4) is 0 Å². The quantitative estimate of drug-likeness (QED) is 0.648. The molecule has 0 saturated carbocycles. The highest BCUT2D eigenvalue weighted by atomic mass is 16.2. The van der Waals surface area contributed by atoms with Crippen LogP contribution < -0.4 is 10.6 Å². The molecule has 1 aliphatic rings. The highest BCUT2D eigenvalue weighted by molar-refractivity contribution is 5.82. The Morgan fingerprint density at radius 2 is 2.33 bits per heavy atom. The molecule has 0 aliphatic carbocycles. The maximum Gasteiger partial charge on any atom is 0.237 e. The molecule has 70 valence electrons. The van der Waals surface area contributed by atoms with Gasteiger partial charge in [0.1, 0.15) is 0 Å². The lowest BCUT2D eigenvalue weighted by Gasteiger charge is -2.25. The number of carbonyl (C=O) groups is 1. The second-order valence-electron chi connectivity index (χ2n) is 3.55. The molecule has 3 nitrogen and oxygen atoms in total. The minimum absolute atomic E-state index is 0.0497. The van der Waals surface area contributed by atoms with Gasteiger partial charge in [0.05, 0.1) is 6.04 Å². The molecule has 0 radical (unpaired) electrons. The minimum Gasteiger partial charge on any atom is -0.353 e. The summed E-state index contributed by atoms with van der Waals surface area (Å²) in [5.41, 5.74) is 0.